The van der Waals surface area contributed by atoms with Gasteiger partial charge in [0.15, 0.2) is 46.5 Å². The van der Waals surface area contributed by atoms with E-state index in [-0.39, 0.29) is 44.5 Å². The molecule has 3 N–H and O–H groups in total. The lowest BCUT2D eigenvalue weighted by Crippen LogP contribution is -2.05. The summed E-state index contributed by atoms with van der Waals surface area (Å²) in [6, 6.07) is 25.7. The predicted octanol–water partition coefficient (Wildman–Crippen LogP) is 14.0. The highest BCUT2D eigenvalue weighted by atomic mass is 19.2. The van der Waals surface area contributed by atoms with Gasteiger partial charge in [-0.25, -0.2) is 48.9 Å². The molecule has 4 nitrogen and oxygen atoms in total. The minimum absolute atomic E-state index is 0.0223. The fourth-order valence-electron chi connectivity index (χ4n) is 8.57. The number of aromatic nitrogens is 4. The Morgan fingerprint density at radius 2 is 0.705 bits per heavy atom. The van der Waals surface area contributed by atoms with Gasteiger partial charge in [0, 0.05) is 44.3 Å². The van der Waals surface area contributed by atoms with Gasteiger partial charge < -0.3 is 15.0 Å². The van der Waals surface area contributed by atoms with Gasteiger partial charge in [-0.3, -0.25) is 0 Å². The van der Waals surface area contributed by atoms with Gasteiger partial charge in [0.1, 0.15) is 0 Å². The molecule has 10 aromatic rings. The quantitative estimate of drug-likeness (QED) is 0.0706. The maximum absolute atomic E-state index is 15.8. The van der Waals surface area contributed by atoms with E-state index in [2.05, 4.69) is 19.9 Å². The number of nitrogens with zero attached hydrogens (tertiary/aromatic N) is 1. The summed E-state index contributed by atoms with van der Waals surface area (Å²) in [4.78, 5) is 13.6. The third-order valence-corrected chi connectivity index (χ3v) is 11.3. The summed E-state index contributed by atoms with van der Waals surface area (Å²) < 4.78 is 152. The number of H-pyrrole nitrogens is 3. The maximum atomic E-state index is 15.8. The lowest BCUT2D eigenvalue weighted by atomic mass is 9.90. The van der Waals surface area contributed by atoms with Gasteiger partial charge >= 0.3 is 0 Å². The molecule has 1 aliphatic rings. The smallest absolute Gasteiger partial charge is 0.200 e. The molecule has 0 amide bonds. The van der Waals surface area contributed by atoms with Crippen LogP contribution in [0.25, 0.3) is 111 Å². The van der Waals surface area contributed by atoms with Crippen LogP contribution in [0, 0.1) is 58.2 Å². The maximum Gasteiger partial charge on any atom is 0.200 e. The van der Waals surface area contributed by atoms with Crippen LogP contribution in [0.2, 0.25) is 0 Å². The normalized spacial score (nSPS) is 12.4. The fourth-order valence-corrected chi connectivity index (χ4v) is 8.57. The van der Waals surface area contributed by atoms with Crippen molar-refractivity contribution in [3.63, 3.8) is 0 Å². The highest BCUT2D eigenvalue weighted by Gasteiger charge is 2.31. The number of nitrogens with one attached hydrogen (secondary N) is 3. The van der Waals surface area contributed by atoms with Crippen molar-refractivity contribution in [2.45, 2.75) is 0 Å². The van der Waals surface area contributed by atoms with Crippen LogP contribution >= 0.6 is 0 Å². The topological polar surface area (TPSA) is 60.3 Å². The van der Waals surface area contributed by atoms with Gasteiger partial charge in [-0.15, -0.1) is 0 Å². The molecule has 1 aliphatic heterocycles. The summed E-state index contributed by atoms with van der Waals surface area (Å²) in [5, 5.41) is 5.29. The van der Waals surface area contributed by atoms with E-state index >= 15 is 17.6 Å². The second kappa shape index (κ2) is 12.9. The molecule has 0 saturated heterocycles. The van der Waals surface area contributed by atoms with Gasteiger partial charge in [0.2, 0.25) is 11.6 Å². The predicted molar refractivity (Wildman–Crippen MR) is 215 cm³/mol. The highest BCUT2D eigenvalue weighted by molar-refractivity contribution is 6.26. The summed E-state index contributed by atoms with van der Waals surface area (Å²) in [5.74, 6) is -21.8. The Morgan fingerprint density at radius 3 is 1.26 bits per heavy atom. The zero-order chi connectivity index (χ0) is 42.2. The molecular formula is C47H20F10N4. The van der Waals surface area contributed by atoms with Crippen LogP contribution in [-0.2, 0) is 0 Å². The zero-order valence-electron chi connectivity index (χ0n) is 30.5. The van der Waals surface area contributed by atoms with E-state index in [0.717, 1.165) is 26.9 Å². The molecule has 5 heterocycles. The lowest BCUT2D eigenvalue weighted by Gasteiger charge is -2.14. The van der Waals surface area contributed by atoms with Crippen molar-refractivity contribution in [2.24, 2.45) is 0 Å². The van der Waals surface area contributed by atoms with Gasteiger partial charge in [-0.1, -0.05) is 54.6 Å². The van der Waals surface area contributed by atoms with E-state index in [1.807, 2.05) is 48.5 Å². The van der Waals surface area contributed by atoms with Crippen molar-refractivity contribution in [1.29, 1.82) is 0 Å². The summed E-state index contributed by atoms with van der Waals surface area (Å²) in [5.41, 5.74) is -2.60. The molecule has 11 rings (SSSR count). The Balaban J connectivity index is 1.36. The minimum Gasteiger partial charge on any atom is -0.354 e. The third kappa shape index (κ3) is 5.11. The van der Waals surface area contributed by atoms with Crippen molar-refractivity contribution in [3.8, 4) is 33.4 Å². The van der Waals surface area contributed by atoms with Crippen LogP contribution in [0.4, 0.5) is 43.9 Å². The molecule has 0 aliphatic carbocycles. The molecule has 14 heteroatoms. The van der Waals surface area contributed by atoms with Crippen LogP contribution in [0.5, 0.6) is 0 Å². The number of halogens is 10. The molecule has 6 aromatic carbocycles. The largest absolute Gasteiger partial charge is 0.354 e. The summed E-state index contributed by atoms with van der Waals surface area (Å²) >= 11 is 0. The Hall–Kier alpha value is -7.61. The number of hydrogen-bond acceptors (Lipinski definition) is 1. The van der Waals surface area contributed by atoms with E-state index in [1.54, 1.807) is 6.07 Å². The van der Waals surface area contributed by atoms with Gasteiger partial charge in [0.25, 0.3) is 0 Å². The van der Waals surface area contributed by atoms with Gasteiger partial charge in [0.05, 0.1) is 28.0 Å². The Bertz CT molecular complexity index is 3650. The van der Waals surface area contributed by atoms with Crippen LogP contribution in [0.1, 0.15) is 11.4 Å². The molecule has 4 aromatic heterocycles. The van der Waals surface area contributed by atoms with E-state index in [0.29, 0.717) is 16.5 Å². The van der Waals surface area contributed by atoms with Crippen molar-refractivity contribution in [1.82, 2.24) is 19.9 Å². The second-order valence-electron chi connectivity index (χ2n) is 14.6. The molecule has 298 valence electrons. The molecule has 0 radical (unpaired) electrons. The van der Waals surface area contributed by atoms with E-state index < -0.39 is 80.4 Å². The van der Waals surface area contributed by atoms with Crippen LogP contribution < -0.4 is 0 Å². The van der Waals surface area contributed by atoms with E-state index in [4.69, 9.17) is 0 Å². The molecule has 0 unspecified atom stereocenters. The van der Waals surface area contributed by atoms with Crippen molar-refractivity contribution in [3.05, 3.63) is 161 Å². The van der Waals surface area contributed by atoms with E-state index in [1.165, 1.54) is 48.6 Å². The zero-order valence-corrected chi connectivity index (χ0v) is 30.5. The molecular weight excluding hydrogens is 811 g/mol. The standard InChI is InChI=1S/C47H20F10N4/c48-38-36(39(49)43(53)46(56)42(38)52)34-27-12-10-23(58-27)24-11-13-28(59-24)35(37-40(50)44(54)47(57)45(55)41(37)51)30-17-15-26(61-30)33(25-14-16-29(34)60-25)22-9-7-20-5-4-18-2-1-3-19-6-8-21(22)32(20)31(18)19/h1-17,58,60-61H. The van der Waals surface area contributed by atoms with Crippen LogP contribution in [0.3, 0.4) is 0 Å². The molecule has 8 bridgehead atoms. The van der Waals surface area contributed by atoms with Crippen LogP contribution in [-0.4, -0.2) is 19.9 Å². The SMILES string of the molecule is Fc1c(F)c(F)c(-c2c3nc(c4ccc([nH]4)c(-c4c(F)c(F)c(F)c(F)c4F)c4ccc([nH]4)c(-c4ccc5ccc6cccc7ccc4c5c67)c4ccc2[nH]4)C=C3)c(F)c1F. The molecule has 0 atom stereocenters. The fraction of sp³-hybridized carbons (Fsp3) is 0. The summed E-state index contributed by atoms with van der Waals surface area (Å²) in [6.07, 6.45) is 2.62. The van der Waals surface area contributed by atoms with Crippen molar-refractivity contribution >= 4 is 77.6 Å². The number of rotatable bonds is 3. The van der Waals surface area contributed by atoms with E-state index in [9.17, 15) is 26.3 Å². The molecule has 61 heavy (non-hydrogen) atoms. The first kappa shape index (κ1) is 36.5. The highest BCUT2D eigenvalue weighted by Crippen LogP contribution is 2.44. The number of fused-ring (bicyclic) bond motifs is 9. The first-order chi connectivity index (χ1) is 29.4. The summed E-state index contributed by atoms with van der Waals surface area (Å²) in [6.45, 7) is 0. The Morgan fingerprint density at radius 1 is 0.311 bits per heavy atom. The lowest BCUT2D eigenvalue weighted by molar-refractivity contribution is 0.381. The first-order valence-corrected chi connectivity index (χ1v) is 18.5. The average Bonchev–Trinajstić information content (AvgIpc) is 4.12. The van der Waals surface area contributed by atoms with Crippen LogP contribution in [0.15, 0.2) is 91.0 Å². The number of aromatic amines is 3. The van der Waals surface area contributed by atoms with Crippen molar-refractivity contribution < 1.29 is 43.9 Å². The Labute approximate surface area is 334 Å². The molecule has 0 saturated carbocycles. The van der Waals surface area contributed by atoms with Crippen molar-refractivity contribution in [2.75, 3.05) is 0 Å². The number of benzene rings is 6. The minimum atomic E-state index is -2.35. The van der Waals surface area contributed by atoms with Gasteiger partial charge in [-0.05, 0) is 86.4 Å². The average molecular weight is 831 g/mol. The van der Waals surface area contributed by atoms with Gasteiger partial charge in [-0.2, -0.15) is 0 Å². The molecule has 0 spiro atoms. The molecule has 0 fully saturated rings. The summed E-state index contributed by atoms with van der Waals surface area (Å²) in [7, 11) is 0. The number of hydrogen-bond donors (Lipinski definition) is 3. The second-order valence-corrected chi connectivity index (χ2v) is 14.6. The monoisotopic (exact) mass is 830 g/mol. The first-order valence-electron chi connectivity index (χ1n) is 18.5. The third-order valence-electron chi connectivity index (χ3n) is 11.3. The Kier molecular flexibility index (Phi) is 7.74.